The molecule has 0 radical (unpaired) electrons. The third-order valence-corrected chi connectivity index (χ3v) is 6.83. The summed E-state index contributed by atoms with van der Waals surface area (Å²) in [6.07, 6.45) is 12.8. The van der Waals surface area contributed by atoms with Crippen molar-refractivity contribution in [3.8, 4) is 0 Å². The number of nitrogens with one attached hydrogen (secondary N) is 2. The second-order valence-corrected chi connectivity index (χ2v) is 8.49. The van der Waals surface area contributed by atoms with E-state index in [2.05, 4.69) is 55.8 Å². The largest absolute Gasteiger partial charge is 0.356 e. The molecule has 5 nitrogen and oxygen atoms in total. The molecule has 1 aliphatic carbocycles. The van der Waals surface area contributed by atoms with Crippen LogP contribution in [-0.4, -0.2) is 35.6 Å². The van der Waals surface area contributed by atoms with Gasteiger partial charge in [0.1, 0.15) is 5.82 Å². The first-order valence-corrected chi connectivity index (χ1v) is 11.1. The van der Waals surface area contributed by atoms with Crippen LogP contribution in [0.15, 0.2) is 34.9 Å². The fourth-order valence-corrected chi connectivity index (χ4v) is 5.03. The van der Waals surface area contributed by atoms with Crippen molar-refractivity contribution >= 4 is 41.3 Å². The second kappa shape index (κ2) is 11.8. The highest BCUT2D eigenvalue weighted by molar-refractivity contribution is 14.0. The van der Waals surface area contributed by atoms with Gasteiger partial charge in [-0.3, -0.25) is 4.99 Å². The Balaban J connectivity index is 0.00000280. The summed E-state index contributed by atoms with van der Waals surface area (Å²) >= 11 is 1.90. The third kappa shape index (κ3) is 6.20. The molecule has 7 heteroatoms. The maximum Gasteiger partial charge on any atom is 0.191 e. The predicted molar refractivity (Wildman–Crippen MR) is 130 cm³/mol. The zero-order valence-corrected chi connectivity index (χ0v) is 20.3. The molecular weight excluding hydrogens is 481 g/mol. The van der Waals surface area contributed by atoms with Crippen molar-refractivity contribution in [3.63, 3.8) is 0 Å². The first-order chi connectivity index (χ1) is 13.2. The van der Waals surface area contributed by atoms with Gasteiger partial charge in [0.25, 0.3) is 0 Å². The van der Waals surface area contributed by atoms with E-state index in [9.17, 15) is 0 Å². The molecule has 2 N–H and O–H groups in total. The number of unbranched alkanes of at least 4 members (excludes halogenated alkanes) is 1. The molecule has 1 saturated carbocycles. The summed E-state index contributed by atoms with van der Waals surface area (Å²) in [7, 11) is 1.86. The van der Waals surface area contributed by atoms with Crippen molar-refractivity contribution in [2.75, 3.05) is 20.1 Å². The standard InChI is InChI=1S/C21H33N5S.HI/c1-18-23-13-15-26(18)14-7-6-12-24-20(22-2)25-17-21(10-4-3-5-11-21)19-9-8-16-27-19;/h8-9,13,15-16H,3-7,10-12,14,17H2,1-2H3,(H2,22,24,25);1H. The van der Waals surface area contributed by atoms with Crippen molar-refractivity contribution in [1.29, 1.82) is 0 Å². The molecule has 0 spiro atoms. The Bertz CT molecular complexity index is 704. The summed E-state index contributed by atoms with van der Waals surface area (Å²) in [5.41, 5.74) is 0.281. The SMILES string of the molecule is CN=C(NCCCCn1ccnc1C)NCC1(c2cccs2)CCCCC1.I. The van der Waals surface area contributed by atoms with Gasteiger partial charge in [0, 0.05) is 49.4 Å². The number of imidazole rings is 1. The van der Waals surface area contributed by atoms with Crippen LogP contribution in [-0.2, 0) is 12.0 Å². The Hall–Kier alpha value is -1.09. The molecule has 0 amide bonds. The Morgan fingerprint density at radius 1 is 1.25 bits per heavy atom. The lowest BCUT2D eigenvalue weighted by Gasteiger charge is -2.37. The molecule has 0 atom stereocenters. The first kappa shape index (κ1) is 23.2. The molecule has 0 bridgehead atoms. The van der Waals surface area contributed by atoms with Gasteiger partial charge in [-0.15, -0.1) is 35.3 Å². The average molecular weight is 516 g/mol. The van der Waals surface area contributed by atoms with Crippen LogP contribution in [0.25, 0.3) is 0 Å². The fourth-order valence-electron chi connectivity index (χ4n) is 4.05. The lowest BCUT2D eigenvalue weighted by atomic mass is 9.73. The summed E-state index contributed by atoms with van der Waals surface area (Å²) in [6, 6.07) is 4.50. The molecule has 28 heavy (non-hydrogen) atoms. The highest BCUT2D eigenvalue weighted by atomic mass is 127. The van der Waals surface area contributed by atoms with E-state index in [0.717, 1.165) is 44.3 Å². The summed E-state index contributed by atoms with van der Waals surface area (Å²) in [5, 5.41) is 9.30. The number of hydrogen-bond acceptors (Lipinski definition) is 3. The van der Waals surface area contributed by atoms with Crippen molar-refractivity contribution in [2.24, 2.45) is 4.99 Å². The molecule has 2 aromatic heterocycles. The lowest BCUT2D eigenvalue weighted by Crippen LogP contribution is -2.46. The van der Waals surface area contributed by atoms with Gasteiger partial charge in [0.2, 0.25) is 0 Å². The Morgan fingerprint density at radius 3 is 2.71 bits per heavy atom. The van der Waals surface area contributed by atoms with E-state index in [1.807, 2.05) is 24.6 Å². The molecule has 0 aliphatic heterocycles. The molecule has 0 unspecified atom stereocenters. The smallest absolute Gasteiger partial charge is 0.191 e. The molecule has 1 fully saturated rings. The highest BCUT2D eigenvalue weighted by Crippen LogP contribution is 2.41. The first-order valence-electron chi connectivity index (χ1n) is 10.2. The molecule has 0 aromatic carbocycles. The van der Waals surface area contributed by atoms with E-state index in [0.29, 0.717) is 0 Å². The van der Waals surface area contributed by atoms with Gasteiger partial charge in [0.15, 0.2) is 5.96 Å². The number of halogens is 1. The maximum atomic E-state index is 4.43. The van der Waals surface area contributed by atoms with Crippen molar-refractivity contribution in [3.05, 3.63) is 40.6 Å². The average Bonchev–Trinajstić information content (AvgIpc) is 3.37. The van der Waals surface area contributed by atoms with Crippen LogP contribution in [0.2, 0.25) is 0 Å². The quantitative estimate of drug-likeness (QED) is 0.232. The zero-order chi connectivity index (χ0) is 19.0. The van der Waals surface area contributed by atoms with Gasteiger partial charge in [-0.05, 0) is 44.1 Å². The summed E-state index contributed by atoms with van der Waals surface area (Å²) < 4.78 is 2.21. The minimum atomic E-state index is 0. The van der Waals surface area contributed by atoms with E-state index >= 15 is 0 Å². The third-order valence-electron chi connectivity index (χ3n) is 5.71. The van der Waals surface area contributed by atoms with E-state index in [4.69, 9.17) is 0 Å². The van der Waals surface area contributed by atoms with Crippen molar-refractivity contribution in [1.82, 2.24) is 20.2 Å². The number of thiophene rings is 1. The van der Waals surface area contributed by atoms with Crippen LogP contribution in [0.5, 0.6) is 0 Å². The Labute approximate surface area is 190 Å². The van der Waals surface area contributed by atoms with Crippen LogP contribution >= 0.6 is 35.3 Å². The van der Waals surface area contributed by atoms with Crippen LogP contribution in [0, 0.1) is 6.92 Å². The summed E-state index contributed by atoms with van der Waals surface area (Å²) in [6.45, 7) is 5.00. The van der Waals surface area contributed by atoms with E-state index in [1.165, 1.54) is 37.0 Å². The van der Waals surface area contributed by atoms with Gasteiger partial charge >= 0.3 is 0 Å². The van der Waals surface area contributed by atoms with Gasteiger partial charge in [-0.1, -0.05) is 25.3 Å². The van der Waals surface area contributed by atoms with Crippen LogP contribution in [0.3, 0.4) is 0 Å². The number of hydrogen-bond donors (Lipinski definition) is 2. The van der Waals surface area contributed by atoms with Crippen LogP contribution in [0.4, 0.5) is 0 Å². The maximum absolute atomic E-state index is 4.43. The predicted octanol–water partition coefficient (Wildman–Crippen LogP) is 4.72. The number of guanidine groups is 1. The topological polar surface area (TPSA) is 54.2 Å². The van der Waals surface area contributed by atoms with E-state index in [1.54, 1.807) is 0 Å². The lowest BCUT2D eigenvalue weighted by molar-refractivity contribution is 0.296. The van der Waals surface area contributed by atoms with E-state index in [-0.39, 0.29) is 29.4 Å². The zero-order valence-electron chi connectivity index (χ0n) is 17.1. The van der Waals surface area contributed by atoms with Crippen molar-refractivity contribution < 1.29 is 0 Å². The Morgan fingerprint density at radius 2 is 2.07 bits per heavy atom. The summed E-state index contributed by atoms with van der Waals surface area (Å²) in [5.74, 6) is 2.02. The second-order valence-electron chi connectivity index (χ2n) is 7.55. The Kier molecular flexibility index (Phi) is 9.77. The number of aliphatic imine (C=N–C) groups is 1. The fraction of sp³-hybridized carbons (Fsp3) is 0.619. The molecular formula is C21H34IN5S. The van der Waals surface area contributed by atoms with Crippen LogP contribution in [0.1, 0.15) is 55.6 Å². The van der Waals surface area contributed by atoms with Gasteiger partial charge in [-0.2, -0.15) is 0 Å². The van der Waals surface area contributed by atoms with Gasteiger partial charge < -0.3 is 15.2 Å². The van der Waals surface area contributed by atoms with Crippen LogP contribution < -0.4 is 10.6 Å². The monoisotopic (exact) mass is 515 g/mol. The normalized spacial score (nSPS) is 16.4. The number of rotatable bonds is 8. The molecule has 2 aromatic rings. The van der Waals surface area contributed by atoms with E-state index < -0.39 is 0 Å². The van der Waals surface area contributed by atoms with Gasteiger partial charge in [-0.25, -0.2) is 4.98 Å². The number of nitrogens with zero attached hydrogens (tertiary/aromatic N) is 3. The number of aryl methyl sites for hydroxylation is 2. The molecule has 1 aliphatic rings. The van der Waals surface area contributed by atoms with Gasteiger partial charge in [0.05, 0.1) is 0 Å². The molecule has 2 heterocycles. The molecule has 0 saturated heterocycles. The highest BCUT2D eigenvalue weighted by Gasteiger charge is 2.34. The minimum Gasteiger partial charge on any atom is -0.356 e. The minimum absolute atomic E-state index is 0. The van der Waals surface area contributed by atoms with Crippen molar-refractivity contribution in [2.45, 2.75) is 63.8 Å². The molecule has 3 rings (SSSR count). The molecule has 156 valence electrons. The number of aromatic nitrogens is 2. The summed E-state index contributed by atoms with van der Waals surface area (Å²) in [4.78, 5) is 10.2.